The van der Waals surface area contributed by atoms with Crippen LogP contribution in [0.3, 0.4) is 0 Å². The molecule has 0 aromatic heterocycles. The van der Waals surface area contributed by atoms with Crippen molar-refractivity contribution in [1.29, 1.82) is 0 Å². The van der Waals surface area contributed by atoms with E-state index in [1.54, 1.807) is 12.1 Å². The highest BCUT2D eigenvalue weighted by Gasteiger charge is 2.23. The van der Waals surface area contributed by atoms with Crippen LogP contribution in [0.5, 0.6) is 0 Å². The van der Waals surface area contributed by atoms with Crippen LogP contribution in [0.1, 0.15) is 39.2 Å². The minimum absolute atomic E-state index is 0.112. The van der Waals surface area contributed by atoms with Gasteiger partial charge in [0.05, 0.1) is 11.5 Å². The monoisotopic (exact) mass is 363 g/mol. The van der Waals surface area contributed by atoms with Gasteiger partial charge in [-0.25, -0.2) is 13.1 Å². The number of sulfonamides is 1. The first-order valence-corrected chi connectivity index (χ1v) is 9.04. The summed E-state index contributed by atoms with van der Waals surface area (Å²) in [6.07, 6.45) is 1.87. The SMILES string of the molecule is CCC(CC)C(C)NS(=O)(=O)c1ccc(CO)cc1Br. The quantitative estimate of drug-likeness (QED) is 0.782. The van der Waals surface area contributed by atoms with Crippen molar-refractivity contribution in [3.05, 3.63) is 28.2 Å². The van der Waals surface area contributed by atoms with Crippen LogP contribution in [0.15, 0.2) is 27.6 Å². The van der Waals surface area contributed by atoms with Gasteiger partial charge in [-0.2, -0.15) is 0 Å². The molecule has 1 rings (SSSR count). The van der Waals surface area contributed by atoms with Gasteiger partial charge in [-0.1, -0.05) is 32.8 Å². The molecule has 1 aromatic carbocycles. The van der Waals surface area contributed by atoms with E-state index in [-0.39, 0.29) is 17.5 Å². The second-order valence-electron chi connectivity index (χ2n) is 4.91. The molecule has 0 heterocycles. The highest BCUT2D eigenvalue weighted by Crippen LogP contribution is 2.24. The summed E-state index contributed by atoms with van der Waals surface area (Å²) in [6.45, 7) is 5.90. The predicted octanol–water partition coefficient (Wildman–Crippen LogP) is 3.04. The van der Waals surface area contributed by atoms with E-state index in [9.17, 15) is 8.42 Å². The summed E-state index contributed by atoms with van der Waals surface area (Å²) in [4.78, 5) is 0.201. The molecule has 0 saturated heterocycles. The van der Waals surface area contributed by atoms with E-state index in [2.05, 4.69) is 34.5 Å². The van der Waals surface area contributed by atoms with E-state index in [1.807, 2.05) is 6.92 Å². The Morgan fingerprint density at radius 3 is 2.35 bits per heavy atom. The third-order valence-electron chi connectivity index (χ3n) is 3.57. The number of hydrogen-bond donors (Lipinski definition) is 2. The Kier molecular flexibility index (Phi) is 6.64. The molecule has 0 aliphatic carbocycles. The standard InChI is InChI=1S/C14H22BrNO3S/c1-4-12(5-2)10(3)16-20(18,19)14-7-6-11(9-17)8-13(14)15/h6-8,10,12,16-17H,4-5,9H2,1-3H3. The first kappa shape index (κ1) is 17.6. The van der Waals surface area contributed by atoms with E-state index in [0.29, 0.717) is 16.0 Å². The molecule has 0 spiro atoms. The molecular weight excluding hydrogens is 342 g/mol. The van der Waals surface area contributed by atoms with Gasteiger partial charge in [0.15, 0.2) is 0 Å². The molecule has 0 bridgehead atoms. The number of halogens is 1. The van der Waals surface area contributed by atoms with Crippen LogP contribution in [0.4, 0.5) is 0 Å². The molecule has 1 unspecified atom stereocenters. The average Bonchev–Trinajstić information content (AvgIpc) is 2.38. The highest BCUT2D eigenvalue weighted by atomic mass is 79.9. The molecule has 0 saturated carbocycles. The average molecular weight is 364 g/mol. The predicted molar refractivity (Wildman–Crippen MR) is 83.9 cm³/mol. The zero-order valence-corrected chi connectivity index (χ0v) is 14.5. The maximum Gasteiger partial charge on any atom is 0.241 e. The first-order valence-electron chi connectivity index (χ1n) is 6.77. The van der Waals surface area contributed by atoms with Gasteiger partial charge < -0.3 is 5.11 Å². The Bertz CT molecular complexity index is 541. The van der Waals surface area contributed by atoms with Gasteiger partial charge >= 0.3 is 0 Å². The molecular formula is C14H22BrNO3S. The van der Waals surface area contributed by atoms with Crippen LogP contribution in [-0.2, 0) is 16.6 Å². The number of rotatable bonds is 7. The van der Waals surface area contributed by atoms with Crippen LogP contribution >= 0.6 is 15.9 Å². The summed E-state index contributed by atoms with van der Waals surface area (Å²) in [7, 11) is -3.56. The lowest BCUT2D eigenvalue weighted by Gasteiger charge is -2.22. The van der Waals surface area contributed by atoms with Crippen molar-refractivity contribution in [3.63, 3.8) is 0 Å². The van der Waals surface area contributed by atoms with Crippen molar-refractivity contribution >= 4 is 26.0 Å². The van der Waals surface area contributed by atoms with Gasteiger partial charge in [0.25, 0.3) is 0 Å². The normalized spacial score (nSPS) is 13.7. The fraction of sp³-hybridized carbons (Fsp3) is 0.571. The lowest BCUT2D eigenvalue weighted by atomic mass is 9.96. The smallest absolute Gasteiger partial charge is 0.241 e. The molecule has 20 heavy (non-hydrogen) atoms. The van der Waals surface area contributed by atoms with Crippen LogP contribution in [-0.4, -0.2) is 19.6 Å². The Balaban J connectivity index is 2.99. The van der Waals surface area contributed by atoms with Gasteiger partial charge in [-0.05, 0) is 46.5 Å². The number of aliphatic hydroxyl groups excluding tert-OH is 1. The Morgan fingerprint density at radius 1 is 1.30 bits per heavy atom. The summed E-state index contributed by atoms with van der Waals surface area (Å²) in [6, 6.07) is 4.63. The minimum Gasteiger partial charge on any atom is -0.392 e. The maximum absolute atomic E-state index is 12.4. The number of nitrogens with one attached hydrogen (secondary N) is 1. The zero-order chi connectivity index (χ0) is 15.3. The third kappa shape index (κ3) is 4.28. The summed E-state index contributed by atoms with van der Waals surface area (Å²) in [5.74, 6) is 0.320. The van der Waals surface area contributed by atoms with Crippen LogP contribution in [0, 0.1) is 5.92 Å². The lowest BCUT2D eigenvalue weighted by molar-refractivity contribution is 0.281. The number of hydrogen-bond acceptors (Lipinski definition) is 3. The molecule has 4 nitrogen and oxygen atoms in total. The van der Waals surface area contributed by atoms with E-state index >= 15 is 0 Å². The number of aliphatic hydroxyl groups is 1. The Morgan fingerprint density at radius 2 is 1.90 bits per heavy atom. The molecule has 0 radical (unpaired) electrons. The largest absolute Gasteiger partial charge is 0.392 e. The first-order chi connectivity index (χ1) is 9.35. The maximum atomic E-state index is 12.4. The summed E-state index contributed by atoms with van der Waals surface area (Å²) >= 11 is 3.25. The molecule has 0 amide bonds. The van der Waals surface area contributed by atoms with E-state index in [0.717, 1.165) is 12.8 Å². The fourth-order valence-electron chi connectivity index (χ4n) is 2.26. The van der Waals surface area contributed by atoms with Crippen molar-refractivity contribution in [2.45, 2.75) is 51.2 Å². The van der Waals surface area contributed by atoms with Crippen molar-refractivity contribution in [3.8, 4) is 0 Å². The molecule has 1 atom stereocenters. The number of benzene rings is 1. The molecule has 2 N–H and O–H groups in total. The molecule has 6 heteroatoms. The van der Waals surface area contributed by atoms with Gasteiger partial charge in [-0.15, -0.1) is 0 Å². The van der Waals surface area contributed by atoms with Crippen LogP contribution in [0.25, 0.3) is 0 Å². The van der Waals surface area contributed by atoms with E-state index < -0.39 is 10.0 Å². The topological polar surface area (TPSA) is 66.4 Å². The Labute approximate surface area is 129 Å². The van der Waals surface area contributed by atoms with E-state index in [1.165, 1.54) is 6.07 Å². The van der Waals surface area contributed by atoms with Gasteiger partial charge in [0.2, 0.25) is 10.0 Å². The lowest BCUT2D eigenvalue weighted by Crippen LogP contribution is -2.37. The van der Waals surface area contributed by atoms with Gasteiger partial charge in [-0.3, -0.25) is 0 Å². The highest BCUT2D eigenvalue weighted by molar-refractivity contribution is 9.10. The minimum atomic E-state index is -3.56. The molecule has 0 fully saturated rings. The van der Waals surface area contributed by atoms with Crippen LogP contribution < -0.4 is 4.72 Å². The molecule has 1 aromatic rings. The van der Waals surface area contributed by atoms with Crippen molar-refractivity contribution in [2.24, 2.45) is 5.92 Å². The second kappa shape index (κ2) is 7.54. The zero-order valence-electron chi connectivity index (χ0n) is 12.1. The summed E-state index contributed by atoms with van der Waals surface area (Å²) in [5.41, 5.74) is 0.670. The van der Waals surface area contributed by atoms with Crippen molar-refractivity contribution in [2.75, 3.05) is 0 Å². The summed E-state index contributed by atoms with van der Waals surface area (Å²) in [5, 5.41) is 9.05. The second-order valence-corrected chi connectivity index (χ2v) is 7.45. The molecule has 0 aliphatic rings. The van der Waals surface area contributed by atoms with Crippen LogP contribution in [0.2, 0.25) is 0 Å². The third-order valence-corrected chi connectivity index (χ3v) is 6.10. The van der Waals surface area contributed by atoms with Crippen molar-refractivity contribution < 1.29 is 13.5 Å². The summed E-state index contributed by atoms with van der Waals surface area (Å²) < 4.78 is 28.0. The molecule has 0 aliphatic heterocycles. The van der Waals surface area contributed by atoms with Crippen molar-refractivity contribution in [1.82, 2.24) is 4.72 Å². The van der Waals surface area contributed by atoms with Gasteiger partial charge in [0.1, 0.15) is 0 Å². The van der Waals surface area contributed by atoms with E-state index in [4.69, 9.17) is 5.11 Å². The Hall–Kier alpha value is -0.430. The molecule has 114 valence electrons. The van der Waals surface area contributed by atoms with Gasteiger partial charge in [0, 0.05) is 10.5 Å². The fourth-order valence-corrected chi connectivity index (χ4v) is 4.70.